The summed E-state index contributed by atoms with van der Waals surface area (Å²) in [5.41, 5.74) is 0. The fourth-order valence-corrected chi connectivity index (χ4v) is 4.08. The molecular weight excluding hydrogens is 242 g/mol. The Balaban J connectivity index is 2.54. The minimum Gasteiger partial charge on any atom is -0.481 e. The normalized spacial score (nSPS) is 26.9. The van der Waals surface area contributed by atoms with Crippen LogP contribution < -0.4 is 0 Å². The molecule has 17 heavy (non-hydrogen) atoms. The molecule has 1 aliphatic rings. The minimum absolute atomic E-state index is 0.0357. The van der Waals surface area contributed by atoms with Crippen LogP contribution in [-0.4, -0.2) is 42.1 Å². The third kappa shape index (κ3) is 4.27. The molecule has 2 unspecified atom stereocenters. The molecule has 0 aromatic heterocycles. The van der Waals surface area contributed by atoms with Crippen molar-refractivity contribution in [1.29, 1.82) is 0 Å². The second kappa shape index (κ2) is 5.82. The molecule has 5 nitrogen and oxygen atoms in total. The number of carboxylic acid groups (broad SMARTS) is 1. The Bertz CT molecular complexity index is 366. The summed E-state index contributed by atoms with van der Waals surface area (Å²) in [6, 6.07) is 0.0357. The van der Waals surface area contributed by atoms with Crippen molar-refractivity contribution in [2.24, 2.45) is 5.92 Å². The van der Waals surface area contributed by atoms with E-state index in [4.69, 9.17) is 5.11 Å². The first-order chi connectivity index (χ1) is 7.83. The molecular formula is C11H21NO4S. The minimum atomic E-state index is -3.28. The molecule has 0 aromatic rings. The Labute approximate surface area is 103 Å². The maximum atomic E-state index is 12.0. The first kappa shape index (κ1) is 14.4. The zero-order chi connectivity index (χ0) is 13.1. The van der Waals surface area contributed by atoms with Crippen molar-refractivity contribution in [3.63, 3.8) is 0 Å². The lowest BCUT2D eigenvalue weighted by Crippen LogP contribution is -2.45. The van der Waals surface area contributed by atoms with E-state index >= 15 is 0 Å². The molecule has 1 rings (SSSR count). The van der Waals surface area contributed by atoms with Gasteiger partial charge in [0.25, 0.3) is 0 Å². The third-order valence-corrected chi connectivity index (χ3v) is 5.29. The Morgan fingerprint density at radius 1 is 1.41 bits per heavy atom. The van der Waals surface area contributed by atoms with Gasteiger partial charge in [0.1, 0.15) is 0 Å². The van der Waals surface area contributed by atoms with Gasteiger partial charge in [-0.25, -0.2) is 8.42 Å². The van der Waals surface area contributed by atoms with E-state index in [1.807, 2.05) is 6.92 Å². The molecule has 1 N–H and O–H groups in total. The van der Waals surface area contributed by atoms with Crippen LogP contribution in [0, 0.1) is 5.92 Å². The SMILES string of the molecule is CC1CCN(S(=O)(=O)CCCC(=O)O)C(C)C1. The van der Waals surface area contributed by atoms with Crippen molar-refractivity contribution in [2.75, 3.05) is 12.3 Å². The summed E-state index contributed by atoms with van der Waals surface area (Å²) < 4.78 is 25.6. The van der Waals surface area contributed by atoms with Crippen molar-refractivity contribution in [3.05, 3.63) is 0 Å². The van der Waals surface area contributed by atoms with E-state index in [2.05, 4.69) is 6.92 Å². The maximum absolute atomic E-state index is 12.0. The van der Waals surface area contributed by atoms with Gasteiger partial charge in [-0.05, 0) is 32.1 Å². The first-order valence-corrected chi connectivity index (χ1v) is 7.65. The highest BCUT2D eigenvalue weighted by atomic mass is 32.2. The number of hydrogen-bond donors (Lipinski definition) is 1. The number of hydrogen-bond acceptors (Lipinski definition) is 3. The fourth-order valence-electron chi connectivity index (χ4n) is 2.32. The first-order valence-electron chi connectivity index (χ1n) is 6.04. The van der Waals surface area contributed by atoms with Crippen LogP contribution in [0.25, 0.3) is 0 Å². The molecule has 1 saturated heterocycles. The lowest BCUT2D eigenvalue weighted by atomic mass is 9.95. The number of aliphatic carboxylic acids is 1. The van der Waals surface area contributed by atoms with Gasteiger partial charge in [0, 0.05) is 19.0 Å². The van der Waals surface area contributed by atoms with Crippen molar-refractivity contribution in [3.8, 4) is 0 Å². The van der Waals surface area contributed by atoms with E-state index in [0.29, 0.717) is 12.5 Å². The monoisotopic (exact) mass is 263 g/mol. The molecule has 0 aromatic carbocycles. The van der Waals surface area contributed by atoms with E-state index < -0.39 is 16.0 Å². The van der Waals surface area contributed by atoms with Crippen molar-refractivity contribution in [2.45, 2.75) is 45.6 Å². The Kier molecular flexibility index (Phi) is 4.94. The summed E-state index contributed by atoms with van der Waals surface area (Å²) in [6.07, 6.45) is 1.88. The molecule has 0 radical (unpaired) electrons. The van der Waals surface area contributed by atoms with Crippen molar-refractivity contribution >= 4 is 16.0 Å². The largest absolute Gasteiger partial charge is 0.481 e. The number of piperidine rings is 1. The Hall–Kier alpha value is -0.620. The summed E-state index contributed by atoms with van der Waals surface area (Å²) in [4.78, 5) is 10.4. The average Bonchev–Trinajstić information content (AvgIpc) is 2.15. The van der Waals surface area contributed by atoms with E-state index in [9.17, 15) is 13.2 Å². The molecule has 0 spiro atoms. The predicted octanol–water partition coefficient (Wildman–Crippen LogP) is 1.30. The molecule has 0 aliphatic carbocycles. The molecule has 0 amide bonds. The molecule has 6 heteroatoms. The number of carbonyl (C=O) groups is 1. The van der Waals surface area contributed by atoms with Gasteiger partial charge in [-0.1, -0.05) is 6.92 Å². The topological polar surface area (TPSA) is 74.7 Å². The second-order valence-corrected chi connectivity index (χ2v) is 6.94. The van der Waals surface area contributed by atoms with E-state index in [1.165, 1.54) is 4.31 Å². The zero-order valence-corrected chi connectivity index (χ0v) is 11.2. The van der Waals surface area contributed by atoms with Gasteiger partial charge in [0.15, 0.2) is 0 Å². The fraction of sp³-hybridized carbons (Fsp3) is 0.909. The Morgan fingerprint density at radius 3 is 2.59 bits per heavy atom. The third-order valence-electron chi connectivity index (χ3n) is 3.23. The molecule has 1 heterocycles. The lowest BCUT2D eigenvalue weighted by Gasteiger charge is -2.35. The summed E-state index contributed by atoms with van der Waals surface area (Å²) in [6.45, 7) is 4.62. The second-order valence-electron chi connectivity index (χ2n) is 4.90. The van der Waals surface area contributed by atoms with Gasteiger partial charge in [0.2, 0.25) is 10.0 Å². The summed E-state index contributed by atoms with van der Waals surface area (Å²) in [7, 11) is -3.28. The summed E-state index contributed by atoms with van der Waals surface area (Å²) in [5, 5.41) is 8.50. The van der Waals surface area contributed by atoms with Crippen LogP contribution in [-0.2, 0) is 14.8 Å². The van der Waals surface area contributed by atoms with Gasteiger partial charge in [-0.2, -0.15) is 4.31 Å². The summed E-state index contributed by atoms with van der Waals surface area (Å²) >= 11 is 0. The summed E-state index contributed by atoms with van der Waals surface area (Å²) in [5.74, 6) is -0.436. The number of sulfonamides is 1. The van der Waals surface area contributed by atoms with E-state index in [0.717, 1.165) is 12.8 Å². The maximum Gasteiger partial charge on any atom is 0.303 e. The highest BCUT2D eigenvalue weighted by molar-refractivity contribution is 7.89. The van der Waals surface area contributed by atoms with Crippen LogP contribution in [0.5, 0.6) is 0 Å². The quantitative estimate of drug-likeness (QED) is 0.811. The van der Waals surface area contributed by atoms with Gasteiger partial charge in [0.05, 0.1) is 5.75 Å². The predicted molar refractivity (Wildman–Crippen MR) is 65.2 cm³/mol. The molecule has 2 atom stereocenters. The van der Waals surface area contributed by atoms with Crippen LogP contribution in [0.15, 0.2) is 0 Å². The van der Waals surface area contributed by atoms with Crippen LogP contribution in [0.3, 0.4) is 0 Å². The molecule has 1 aliphatic heterocycles. The average molecular weight is 263 g/mol. The van der Waals surface area contributed by atoms with Crippen LogP contribution in [0.2, 0.25) is 0 Å². The highest BCUT2D eigenvalue weighted by Crippen LogP contribution is 2.25. The molecule has 100 valence electrons. The van der Waals surface area contributed by atoms with Gasteiger partial charge >= 0.3 is 5.97 Å². The standard InChI is InChI=1S/C11H21NO4S/c1-9-5-6-12(10(2)8-9)17(15,16)7-3-4-11(13)14/h9-10H,3-8H2,1-2H3,(H,13,14). The van der Waals surface area contributed by atoms with Gasteiger partial charge < -0.3 is 5.11 Å². The van der Waals surface area contributed by atoms with Gasteiger partial charge in [-0.3, -0.25) is 4.79 Å². The molecule has 0 bridgehead atoms. The van der Waals surface area contributed by atoms with Crippen molar-refractivity contribution < 1.29 is 18.3 Å². The van der Waals surface area contributed by atoms with Crippen LogP contribution >= 0.6 is 0 Å². The van der Waals surface area contributed by atoms with Gasteiger partial charge in [-0.15, -0.1) is 0 Å². The number of nitrogens with zero attached hydrogens (tertiary/aromatic N) is 1. The lowest BCUT2D eigenvalue weighted by molar-refractivity contribution is -0.137. The number of rotatable bonds is 5. The van der Waals surface area contributed by atoms with E-state index in [1.54, 1.807) is 0 Å². The molecule has 1 fully saturated rings. The van der Waals surface area contributed by atoms with Crippen LogP contribution in [0.4, 0.5) is 0 Å². The van der Waals surface area contributed by atoms with Crippen molar-refractivity contribution in [1.82, 2.24) is 4.31 Å². The number of carboxylic acids is 1. The Morgan fingerprint density at radius 2 is 2.06 bits per heavy atom. The molecule has 0 saturated carbocycles. The smallest absolute Gasteiger partial charge is 0.303 e. The zero-order valence-electron chi connectivity index (χ0n) is 10.4. The van der Waals surface area contributed by atoms with E-state index in [-0.39, 0.29) is 24.6 Å². The highest BCUT2D eigenvalue weighted by Gasteiger charge is 2.31. The van der Waals surface area contributed by atoms with Crippen LogP contribution in [0.1, 0.15) is 39.5 Å².